The van der Waals surface area contributed by atoms with Crippen molar-refractivity contribution in [3.05, 3.63) is 28.8 Å². The molecule has 3 N–H and O–H groups in total. The Labute approximate surface area is 127 Å². The summed E-state index contributed by atoms with van der Waals surface area (Å²) < 4.78 is 0. The molecule has 0 atom stereocenters. The monoisotopic (exact) mass is 308 g/mol. The number of rotatable bonds is 5. The molecule has 0 aromatic heterocycles. The Kier molecular flexibility index (Phi) is 3.53. The molecule has 0 aliphatic heterocycles. The van der Waals surface area contributed by atoms with Gasteiger partial charge < -0.3 is 15.7 Å². The SMILES string of the molecule is O=C(NCC1(C2CC2)CC1)Nc1cc(Cl)ccc1C(=O)O. The number of carboxylic acids is 1. The van der Waals surface area contributed by atoms with Crippen molar-refractivity contribution in [3.8, 4) is 0 Å². The summed E-state index contributed by atoms with van der Waals surface area (Å²) in [5.74, 6) is -0.336. The Hall–Kier alpha value is -1.75. The van der Waals surface area contributed by atoms with E-state index < -0.39 is 5.97 Å². The summed E-state index contributed by atoms with van der Waals surface area (Å²) in [5, 5.41) is 14.9. The highest BCUT2D eigenvalue weighted by molar-refractivity contribution is 6.31. The van der Waals surface area contributed by atoms with Crippen molar-refractivity contribution in [2.45, 2.75) is 25.7 Å². The summed E-state index contributed by atoms with van der Waals surface area (Å²) in [6.45, 7) is 0.659. The highest BCUT2D eigenvalue weighted by Gasteiger charge is 2.53. The van der Waals surface area contributed by atoms with Crippen molar-refractivity contribution in [2.24, 2.45) is 11.3 Å². The second-order valence-electron chi connectivity index (χ2n) is 5.94. The molecule has 5 nitrogen and oxygen atoms in total. The molecular weight excluding hydrogens is 292 g/mol. The lowest BCUT2D eigenvalue weighted by Gasteiger charge is -2.16. The summed E-state index contributed by atoms with van der Waals surface area (Å²) in [6.07, 6.45) is 4.88. The Morgan fingerprint density at radius 1 is 1.33 bits per heavy atom. The number of amides is 2. The van der Waals surface area contributed by atoms with E-state index in [0.29, 0.717) is 17.0 Å². The number of anilines is 1. The predicted octanol–water partition coefficient (Wildman–Crippen LogP) is 3.35. The molecule has 1 aromatic carbocycles. The molecule has 0 bridgehead atoms. The summed E-state index contributed by atoms with van der Waals surface area (Å²) >= 11 is 5.85. The molecule has 2 saturated carbocycles. The van der Waals surface area contributed by atoms with E-state index in [-0.39, 0.29) is 17.3 Å². The van der Waals surface area contributed by atoms with Crippen molar-refractivity contribution in [1.29, 1.82) is 0 Å². The number of hydrogen-bond donors (Lipinski definition) is 3. The highest BCUT2D eigenvalue weighted by Crippen LogP contribution is 2.60. The largest absolute Gasteiger partial charge is 0.478 e. The van der Waals surface area contributed by atoms with Crippen LogP contribution in [-0.2, 0) is 0 Å². The molecule has 112 valence electrons. The average molecular weight is 309 g/mol. The minimum atomic E-state index is -1.10. The Bertz CT molecular complexity index is 595. The van der Waals surface area contributed by atoms with Crippen molar-refractivity contribution >= 4 is 29.3 Å². The van der Waals surface area contributed by atoms with Crippen LogP contribution in [0, 0.1) is 11.3 Å². The maximum atomic E-state index is 12.0. The van der Waals surface area contributed by atoms with E-state index in [0.717, 1.165) is 5.92 Å². The highest BCUT2D eigenvalue weighted by atomic mass is 35.5. The number of carbonyl (C=O) groups excluding carboxylic acids is 1. The fraction of sp³-hybridized carbons (Fsp3) is 0.467. The number of urea groups is 1. The second kappa shape index (κ2) is 5.22. The molecule has 0 radical (unpaired) electrons. The molecule has 21 heavy (non-hydrogen) atoms. The van der Waals surface area contributed by atoms with Gasteiger partial charge in [0.1, 0.15) is 0 Å². The van der Waals surface area contributed by atoms with E-state index >= 15 is 0 Å². The van der Waals surface area contributed by atoms with Crippen LogP contribution >= 0.6 is 11.6 Å². The van der Waals surface area contributed by atoms with Gasteiger partial charge in [-0.25, -0.2) is 9.59 Å². The molecular formula is C15H17ClN2O3. The van der Waals surface area contributed by atoms with Crippen molar-refractivity contribution in [2.75, 3.05) is 11.9 Å². The van der Waals surface area contributed by atoms with Gasteiger partial charge in [0, 0.05) is 11.6 Å². The molecule has 3 rings (SSSR count). The van der Waals surface area contributed by atoms with E-state index in [9.17, 15) is 9.59 Å². The number of carbonyl (C=O) groups is 2. The van der Waals surface area contributed by atoms with Crippen LogP contribution in [0.5, 0.6) is 0 Å². The first-order valence-corrected chi connectivity index (χ1v) is 7.46. The van der Waals surface area contributed by atoms with Crippen molar-refractivity contribution in [3.63, 3.8) is 0 Å². The van der Waals surface area contributed by atoms with Crippen LogP contribution in [0.15, 0.2) is 18.2 Å². The topological polar surface area (TPSA) is 78.4 Å². The van der Waals surface area contributed by atoms with Crippen LogP contribution in [0.2, 0.25) is 5.02 Å². The van der Waals surface area contributed by atoms with Crippen molar-refractivity contribution < 1.29 is 14.7 Å². The van der Waals surface area contributed by atoms with Gasteiger partial charge >= 0.3 is 12.0 Å². The van der Waals surface area contributed by atoms with Crippen LogP contribution < -0.4 is 10.6 Å². The minimum absolute atomic E-state index is 0.0258. The zero-order valence-corrected chi connectivity index (χ0v) is 12.2. The molecule has 0 heterocycles. The van der Waals surface area contributed by atoms with Gasteiger partial charge in [-0.2, -0.15) is 0 Å². The van der Waals surface area contributed by atoms with Crippen LogP contribution in [0.25, 0.3) is 0 Å². The van der Waals surface area contributed by atoms with E-state index in [4.69, 9.17) is 16.7 Å². The minimum Gasteiger partial charge on any atom is -0.478 e. The van der Waals surface area contributed by atoms with E-state index in [2.05, 4.69) is 10.6 Å². The Morgan fingerprint density at radius 3 is 2.62 bits per heavy atom. The summed E-state index contributed by atoms with van der Waals surface area (Å²) in [6, 6.07) is 3.93. The first-order valence-electron chi connectivity index (χ1n) is 7.08. The molecule has 2 aliphatic rings. The third-order valence-electron chi connectivity index (χ3n) is 4.40. The zero-order valence-electron chi connectivity index (χ0n) is 11.5. The molecule has 1 aromatic rings. The van der Waals surface area contributed by atoms with Crippen LogP contribution in [0.1, 0.15) is 36.0 Å². The van der Waals surface area contributed by atoms with Gasteiger partial charge in [-0.1, -0.05) is 11.6 Å². The number of carboxylic acid groups (broad SMARTS) is 1. The lowest BCUT2D eigenvalue weighted by molar-refractivity contribution is 0.0698. The van der Waals surface area contributed by atoms with E-state index in [1.165, 1.54) is 43.9 Å². The number of benzene rings is 1. The van der Waals surface area contributed by atoms with Gasteiger partial charge in [-0.3, -0.25) is 0 Å². The Morgan fingerprint density at radius 2 is 2.05 bits per heavy atom. The average Bonchev–Trinajstić information content (AvgIpc) is 3.28. The van der Waals surface area contributed by atoms with Crippen LogP contribution in [0.4, 0.5) is 10.5 Å². The normalized spacial score (nSPS) is 18.9. The van der Waals surface area contributed by atoms with Crippen molar-refractivity contribution in [1.82, 2.24) is 5.32 Å². The van der Waals surface area contributed by atoms with Gasteiger partial charge in [0.15, 0.2) is 0 Å². The maximum absolute atomic E-state index is 12.0. The molecule has 0 spiro atoms. The lowest BCUT2D eigenvalue weighted by atomic mass is 10.0. The summed E-state index contributed by atoms with van der Waals surface area (Å²) in [7, 11) is 0. The van der Waals surface area contributed by atoms with Gasteiger partial charge in [0.05, 0.1) is 11.3 Å². The zero-order chi connectivity index (χ0) is 15.0. The second-order valence-corrected chi connectivity index (χ2v) is 6.38. The van der Waals surface area contributed by atoms with E-state index in [1.54, 1.807) is 0 Å². The van der Waals surface area contributed by atoms with Gasteiger partial charge in [0.2, 0.25) is 0 Å². The first kappa shape index (κ1) is 14.2. The van der Waals surface area contributed by atoms with Gasteiger partial charge in [-0.15, -0.1) is 0 Å². The standard InChI is InChI=1S/C15H17ClN2O3/c16-10-3-4-11(13(19)20)12(7-10)18-14(21)17-8-15(5-6-15)9-1-2-9/h3-4,7,9H,1-2,5-6,8H2,(H,19,20)(H2,17,18,21). The number of hydrogen-bond acceptors (Lipinski definition) is 2. The fourth-order valence-corrected chi connectivity index (χ4v) is 2.99. The van der Waals surface area contributed by atoms with Crippen LogP contribution in [0.3, 0.4) is 0 Å². The quantitative estimate of drug-likeness (QED) is 0.780. The summed E-state index contributed by atoms with van der Waals surface area (Å²) in [5.41, 5.74) is 0.544. The van der Waals surface area contributed by atoms with E-state index in [1.807, 2.05) is 0 Å². The number of aromatic carboxylic acids is 1. The molecule has 2 aliphatic carbocycles. The molecule has 0 unspecified atom stereocenters. The number of halogens is 1. The summed E-state index contributed by atoms with van der Waals surface area (Å²) in [4.78, 5) is 23.1. The lowest BCUT2D eigenvalue weighted by Crippen LogP contribution is -2.35. The Balaban J connectivity index is 1.61. The van der Waals surface area contributed by atoms with Gasteiger partial charge in [-0.05, 0) is 55.2 Å². The smallest absolute Gasteiger partial charge is 0.337 e. The third-order valence-corrected chi connectivity index (χ3v) is 4.63. The first-order chi connectivity index (χ1) is 10.00. The predicted molar refractivity (Wildman–Crippen MR) is 79.8 cm³/mol. The van der Waals surface area contributed by atoms with Gasteiger partial charge in [0.25, 0.3) is 0 Å². The molecule has 6 heteroatoms. The fourth-order valence-electron chi connectivity index (χ4n) is 2.81. The molecule has 2 fully saturated rings. The van der Waals surface area contributed by atoms with Crippen LogP contribution in [-0.4, -0.2) is 23.7 Å². The maximum Gasteiger partial charge on any atom is 0.337 e. The molecule has 0 saturated heterocycles. The molecule has 2 amide bonds. The number of nitrogens with one attached hydrogen (secondary N) is 2. The third kappa shape index (κ3) is 3.13.